The van der Waals surface area contributed by atoms with E-state index >= 15 is 0 Å². The summed E-state index contributed by atoms with van der Waals surface area (Å²) in [6, 6.07) is 4.99. The van der Waals surface area contributed by atoms with Gasteiger partial charge in [0.2, 0.25) is 0 Å². The fourth-order valence-corrected chi connectivity index (χ4v) is 2.47. The Bertz CT molecular complexity index is 507. The smallest absolute Gasteiger partial charge is 0.319 e. The fourth-order valence-electron chi connectivity index (χ4n) is 2.24. The lowest BCUT2D eigenvalue weighted by molar-refractivity contribution is 0.0388. The first-order valence-corrected chi connectivity index (χ1v) is 8.34. The summed E-state index contributed by atoms with van der Waals surface area (Å²) in [6.45, 7) is 7.42. The lowest BCUT2D eigenvalue weighted by Crippen LogP contribution is -2.42. The monoisotopic (exact) mass is 341 g/mol. The van der Waals surface area contributed by atoms with Gasteiger partial charge in [0.1, 0.15) is 5.75 Å². The Balaban J connectivity index is 1.72. The van der Waals surface area contributed by atoms with Gasteiger partial charge in [-0.25, -0.2) is 4.79 Å². The minimum absolute atomic E-state index is 0.239. The molecule has 6 nitrogen and oxygen atoms in total. The number of ether oxygens (including phenoxy) is 2. The lowest BCUT2D eigenvalue weighted by atomic mass is 10.3. The molecular weight excluding hydrogens is 318 g/mol. The van der Waals surface area contributed by atoms with Gasteiger partial charge in [-0.3, -0.25) is 4.90 Å². The number of benzene rings is 1. The molecule has 0 aromatic heterocycles. The average Bonchev–Trinajstić information content (AvgIpc) is 2.55. The number of amides is 2. The van der Waals surface area contributed by atoms with Crippen molar-refractivity contribution in [2.75, 3.05) is 51.3 Å². The Morgan fingerprint density at radius 1 is 1.39 bits per heavy atom. The maximum Gasteiger partial charge on any atom is 0.319 e. The predicted molar refractivity (Wildman–Crippen MR) is 91.5 cm³/mol. The molecule has 0 bridgehead atoms. The minimum Gasteiger partial charge on any atom is -0.492 e. The van der Waals surface area contributed by atoms with Crippen molar-refractivity contribution in [1.29, 1.82) is 0 Å². The quantitative estimate of drug-likeness (QED) is 0.800. The van der Waals surface area contributed by atoms with E-state index in [1.807, 2.05) is 6.92 Å². The molecule has 1 aliphatic heterocycles. The van der Waals surface area contributed by atoms with Crippen molar-refractivity contribution in [1.82, 2.24) is 10.2 Å². The van der Waals surface area contributed by atoms with Gasteiger partial charge >= 0.3 is 6.03 Å². The van der Waals surface area contributed by atoms with Gasteiger partial charge in [-0.15, -0.1) is 0 Å². The number of carbonyl (C=O) groups excluding carboxylic acids is 1. The van der Waals surface area contributed by atoms with Crippen molar-refractivity contribution in [3.63, 3.8) is 0 Å². The van der Waals surface area contributed by atoms with Gasteiger partial charge < -0.3 is 20.1 Å². The molecule has 128 valence electrons. The average molecular weight is 342 g/mol. The Morgan fingerprint density at radius 3 is 2.87 bits per heavy atom. The molecule has 1 saturated heterocycles. The van der Waals surface area contributed by atoms with Gasteiger partial charge in [-0.1, -0.05) is 18.5 Å². The molecule has 0 unspecified atom stereocenters. The van der Waals surface area contributed by atoms with Crippen LogP contribution in [0.5, 0.6) is 5.75 Å². The van der Waals surface area contributed by atoms with Crippen molar-refractivity contribution >= 4 is 23.3 Å². The molecule has 2 N–H and O–H groups in total. The van der Waals surface area contributed by atoms with E-state index in [0.29, 0.717) is 29.6 Å². The van der Waals surface area contributed by atoms with Gasteiger partial charge in [0.25, 0.3) is 0 Å². The molecule has 2 rings (SSSR count). The van der Waals surface area contributed by atoms with E-state index in [1.165, 1.54) is 0 Å². The number of hydrogen-bond acceptors (Lipinski definition) is 4. The zero-order chi connectivity index (χ0) is 16.5. The highest BCUT2D eigenvalue weighted by Crippen LogP contribution is 2.27. The highest BCUT2D eigenvalue weighted by atomic mass is 35.5. The normalized spacial score (nSPS) is 15.2. The van der Waals surface area contributed by atoms with Gasteiger partial charge in [-0.2, -0.15) is 0 Å². The Kier molecular flexibility index (Phi) is 7.45. The first kappa shape index (κ1) is 17.8. The molecule has 1 aliphatic rings. The molecule has 23 heavy (non-hydrogen) atoms. The number of nitrogens with zero attached hydrogens (tertiary/aromatic N) is 1. The second-order valence-electron chi connectivity index (χ2n) is 5.33. The molecular formula is C16H24ClN3O3. The number of anilines is 1. The highest BCUT2D eigenvalue weighted by molar-refractivity contribution is 6.32. The minimum atomic E-state index is -0.239. The van der Waals surface area contributed by atoms with Crippen LogP contribution < -0.4 is 15.4 Å². The van der Waals surface area contributed by atoms with Crippen molar-refractivity contribution in [2.45, 2.75) is 13.3 Å². The molecule has 0 saturated carbocycles. The maximum atomic E-state index is 11.9. The molecule has 0 radical (unpaired) electrons. The van der Waals surface area contributed by atoms with Crippen molar-refractivity contribution < 1.29 is 14.3 Å². The number of halogens is 1. The third-order valence-corrected chi connectivity index (χ3v) is 3.76. The van der Waals surface area contributed by atoms with Crippen LogP contribution in [0.1, 0.15) is 13.3 Å². The van der Waals surface area contributed by atoms with E-state index in [2.05, 4.69) is 15.5 Å². The summed E-state index contributed by atoms with van der Waals surface area (Å²) in [4.78, 5) is 14.1. The van der Waals surface area contributed by atoms with Gasteiger partial charge in [0.15, 0.2) is 0 Å². The number of urea groups is 1. The van der Waals surface area contributed by atoms with Gasteiger partial charge in [0, 0.05) is 31.9 Å². The van der Waals surface area contributed by atoms with E-state index in [4.69, 9.17) is 21.1 Å². The van der Waals surface area contributed by atoms with Gasteiger partial charge in [0.05, 0.1) is 24.8 Å². The maximum absolute atomic E-state index is 11.9. The molecule has 1 fully saturated rings. The number of nitrogens with one attached hydrogen (secondary N) is 2. The van der Waals surface area contributed by atoms with Gasteiger partial charge in [-0.05, 0) is 24.6 Å². The molecule has 1 heterocycles. The van der Waals surface area contributed by atoms with Crippen LogP contribution in [-0.4, -0.2) is 56.9 Å². The predicted octanol–water partition coefficient (Wildman–Crippen LogP) is 2.58. The van der Waals surface area contributed by atoms with E-state index in [1.54, 1.807) is 18.2 Å². The molecule has 0 aliphatic carbocycles. The zero-order valence-corrected chi connectivity index (χ0v) is 14.2. The van der Waals surface area contributed by atoms with E-state index < -0.39 is 0 Å². The van der Waals surface area contributed by atoms with Crippen molar-refractivity contribution in [3.8, 4) is 5.75 Å². The Labute approximate surface area is 142 Å². The van der Waals surface area contributed by atoms with Crippen LogP contribution in [0.25, 0.3) is 0 Å². The van der Waals surface area contributed by atoms with E-state index in [-0.39, 0.29) is 6.03 Å². The largest absolute Gasteiger partial charge is 0.492 e. The summed E-state index contributed by atoms with van der Waals surface area (Å²) in [5, 5.41) is 6.10. The molecule has 0 atom stereocenters. The standard InChI is InChI=1S/C16H24ClN3O3/c1-2-9-23-15-4-3-13(12-14(15)17)19-16(21)18-5-6-20-7-10-22-11-8-20/h3-4,12H,2,5-11H2,1H3,(H2,18,19,21). The lowest BCUT2D eigenvalue weighted by Gasteiger charge is -2.26. The van der Waals surface area contributed by atoms with Crippen LogP contribution in [0.4, 0.5) is 10.5 Å². The summed E-state index contributed by atoms with van der Waals surface area (Å²) < 4.78 is 10.8. The van der Waals surface area contributed by atoms with Crippen LogP contribution >= 0.6 is 11.6 Å². The second kappa shape index (κ2) is 9.60. The number of rotatable bonds is 7. The third-order valence-electron chi connectivity index (χ3n) is 3.47. The van der Waals surface area contributed by atoms with Crippen molar-refractivity contribution in [3.05, 3.63) is 23.2 Å². The number of morpholine rings is 1. The van der Waals surface area contributed by atoms with Crippen LogP contribution in [0, 0.1) is 0 Å². The molecule has 7 heteroatoms. The van der Waals surface area contributed by atoms with E-state index in [0.717, 1.165) is 39.3 Å². The van der Waals surface area contributed by atoms with Crippen LogP contribution in [0.15, 0.2) is 18.2 Å². The topological polar surface area (TPSA) is 62.8 Å². The van der Waals surface area contributed by atoms with Crippen LogP contribution in [0.2, 0.25) is 5.02 Å². The number of hydrogen-bond donors (Lipinski definition) is 2. The summed E-state index contributed by atoms with van der Waals surface area (Å²) in [7, 11) is 0. The molecule has 0 spiro atoms. The SMILES string of the molecule is CCCOc1ccc(NC(=O)NCCN2CCOCC2)cc1Cl. The molecule has 1 aromatic carbocycles. The summed E-state index contributed by atoms with van der Waals surface area (Å²) in [6.07, 6.45) is 0.919. The second-order valence-corrected chi connectivity index (χ2v) is 5.74. The molecule has 2 amide bonds. The van der Waals surface area contributed by atoms with Crippen LogP contribution in [-0.2, 0) is 4.74 Å². The zero-order valence-electron chi connectivity index (χ0n) is 13.4. The first-order chi connectivity index (χ1) is 11.2. The summed E-state index contributed by atoms with van der Waals surface area (Å²) >= 11 is 6.14. The fraction of sp³-hybridized carbons (Fsp3) is 0.562. The Morgan fingerprint density at radius 2 is 2.17 bits per heavy atom. The number of carbonyl (C=O) groups is 1. The summed E-state index contributed by atoms with van der Waals surface area (Å²) in [5.74, 6) is 0.631. The highest BCUT2D eigenvalue weighted by Gasteiger charge is 2.10. The van der Waals surface area contributed by atoms with E-state index in [9.17, 15) is 4.79 Å². The molecule has 1 aromatic rings. The summed E-state index contributed by atoms with van der Waals surface area (Å²) in [5.41, 5.74) is 0.641. The Hall–Kier alpha value is -1.50. The third kappa shape index (κ3) is 6.25. The van der Waals surface area contributed by atoms with Crippen molar-refractivity contribution in [2.24, 2.45) is 0 Å². The first-order valence-electron chi connectivity index (χ1n) is 7.96. The van der Waals surface area contributed by atoms with Crippen LogP contribution in [0.3, 0.4) is 0 Å².